The minimum atomic E-state index is 0.569. The second kappa shape index (κ2) is 9.06. The van der Waals surface area contributed by atoms with Crippen LogP contribution in [-0.4, -0.2) is 19.7 Å². The van der Waals surface area contributed by atoms with Gasteiger partial charge in [-0.15, -0.1) is 0 Å². The predicted octanol–water partition coefficient (Wildman–Crippen LogP) is 5.72. The molecule has 2 aromatic rings. The summed E-state index contributed by atoms with van der Waals surface area (Å²) < 4.78 is 4.71. The average Bonchev–Trinajstić information content (AvgIpc) is 2.83. The van der Waals surface area contributed by atoms with Gasteiger partial charge >= 0.3 is 0 Å². The van der Waals surface area contributed by atoms with Gasteiger partial charge in [0.2, 0.25) is 4.77 Å². The van der Waals surface area contributed by atoms with Crippen molar-refractivity contribution in [2.75, 3.05) is 5.33 Å². The topological polar surface area (TPSA) is 22.8 Å². The van der Waals surface area contributed by atoms with Gasteiger partial charge in [0.1, 0.15) is 6.33 Å². The molecule has 120 valence electrons. The van der Waals surface area contributed by atoms with Crippen LogP contribution in [0.5, 0.6) is 0 Å². The van der Waals surface area contributed by atoms with E-state index in [2.05, 4.69) is 20.9 Å². The summed E-state index contributed by atoms with van der Waals surface area (Å²) in [4.78, 5) is 4.24. The van der Waals surface area contributed by atoms with Crippen LogP contribution in [0.25, 0.3) is 0 Å². The van der Waals surface area contributed by atoms with Gasteiger partial charge in [0.15, 0.2) is 0 Å². The summed E-state index contributed by atoms with van der Waals surface area (Å²) in [5.41, 5.74) is 1.08. The minimum Gasteiger partial charge on any atom is -0.268 e. The number of hydrogen-bond acceptors (Lipinski definition) is 2. The van der Waals surface area contributed by atoms with Crippen molar-refractivity contribution < 1.29 is 0 Å². The van der Waals surface area contributed by atoms with Gasteiger partial charge in [-0.3, -0.25) is 9.36 Å². The van der Waals surface area contributed by atoms with Gasteiger partial charge in [-0.25, -0.2) is 4.98 Å². The van der Waals surface area contributed by atoms with Crippen LogP contribution in [0.2, 0.25) is 10.0 Å². The maximum Gasteiger partial charge on any atom is 0.215 e. The largest absolute Gasteiger partial charge is 0.268 e. The first-order valence-corrected chi connectivity index (χ1v) is 9.52. The Morgan fingerprint density at radius 2 is 1.86 bits per heavy atom. The third-order valence-electron chi connectivity index (χ3n) is 3.41. The lowest BCUT2D eigenvalue weighted by molar-refractivity contribution is 0.449. The van der Waals surface area contributed by atoms with Gasteiger partial charge < -0.3 is 0 Å². The van der Waals surface area contributed by atoms with E-state index in [0.717, 1.165) is 23.9 Å². The Hall–Kier alpha value is -0.360. The van der Waals surface area contributed by atoms with Crippen molar-refractivity contribution in [3.8, 4) is 0 Å². The highest BCUT2D eigenvalue weighted by Gasteiger charge is 2.05. The third kappa shape index (κ3) is 5.08. The lowest BCUT2D eigenvalue weighted by atomic mass is 10.2. The number of unbranched alkanes of at least 4 members (excludes halogenated alkanes) is 3. The predicted molar refractivity (Wildman–Crippen MR) is 98.9 cm³/mol. The van der Waals surface area contributed by atoms with Crippen LogP contribution >= 0.6 is 51.3 Å². The molecule has 3 nitrogen and oxygen atoms in total. The maximum absolute atomic E-state index is 6.07. The summed E-state index contributed by atoms with van der Waals surface area (Å²) >= 11 is 20.8. The molecule has 1 aromatic heterocycles. The van der Waals surface area contributed by atoms with Gasteiger partial charge in [0.05, 0.1) is 16.6 Å². The van der Waals surface area contributed by atoms with Crippen molar-refractivity contribution in [2.24, 2.45) is 0 Å². The Bertz CT molecular complexity index is 669. The average molecular weight is 423 g/mol. The lowest BCUT2D eigenvalue weighted by Crippen LogP contribution is -2.13. The number of aromatic nitrogens is 3. The molecule has 1 aromatic carbocycles. The summed E-state index contributed by atoms with van der Waals surface area (Å²) in [5.74, 6) is 0. The monoisotopic (exact) mass is 421 g/mol. The zero-order valence-corrected chi connectivity index (χ0v) is 16.1. The van der Waals surface area contributed by atoms with E-state index >= 15 is 0 Å². The van der Waals surface area contributed by atoms with Crippen LogP contribution in [0.4, 0.5) is 0 Å². The van der Waals surface area contributed by atoms with E-state index in [0.29, 0.717) is 21.4 Å². The fraction of sp³-hybridized carbons (Fsp3) is 0.467. The molecular formula is C15H18BrCl2N3S. The molecule has 0 fully saturated rings. The number of alkyl halides is 1. The molecule has 1 heterocycles. The van der Waals surface area contributed by atoms with E-state index < -0.39 is 0 Å². The van der Waals surface area contributed by atoms with Crippen molar-refractivity contribution >= 4 is 51.3 Å². The summed E-state index contributed by atoms with van der Waals surface area (Å²) in [6, 6.07) is 5.67. The fourth-order valence-electron chi connectivity index (χ4n) is 2.24. The summed E-state index contributed by atoms with van der Waals surface area (Å²) in [6.07, 6.45) is 6.54. The number of nitrogens with zero attached hydrogens (tertiary/aromatic N) is 3. The van der Waals surface area contributed by atoms with E-state index in [1.807, 2.05) is 27.6 Å². The molecule has 0 radical (unpaired) electrons. The van der Waals surface area contributed by atoms with Gasteiger partial charge in [0.25, 0.3) is 0 Å². The van der Waals surface area contributed by atoms with Gasteiger partial charge in [-0.1, -0.05) is 58.0 Å². The van der Waals surface area contributed by atoms with Crippen LogP contribution in [-0.2, 0) is 13.1 Å². The maximum atomic E-state index is 6.07. The quantitative estimate of drug-likeness (QED) is 0.308. The highest BCUT2D eigenvalue weighted by atomic mass is 79.9. The molecule has 0 aliphatic heterocycles. The van der Waals surface area contributed by atoms with Gasteiger partial charge in [0, 0.05) is 11.9 Å². The molecule has 0 saturated heterocycles. The van der Waals surface area contributed by atoms with E-state index in [-0.39, 0.29) is 0 Å². The minimum absolute atomic E-state index is 0.569. The molecule has 0 saturated carbocycles. The molecule has 0 N–H and O–H groups in total. The fourth-order valence-corrected chi connectivity index (χ4v) is 3.20. The molecule has 0 unspecified atom stereocenters. The first kappa shape index (κ1) is 18.0. The smallest absolute Gasteiger partial charge is 0.215 e. The van der Waals surface area contributed by atoms with E-state index in [1.165, 1.54) is 19.3 Å². The zero-order valence-electron chi connectivity index (χ0n) is 12.1. The van der Waals surface area contributed by atoms with Crippen molar-refractivity contribution in [2.45, 2.75) is 38.8 Å². The highest BCUT2D eigenvalue weighted by molar-refractivity contribution is 9.09. The van der Waals surface area contributed by atoms with Gasteiger partial charge in [-0.05, 0) is 42.8 Å². The Kier molecular flexibility index (Phi) is 7.41. The molecule has 7 heteroatoms. The molecule has 0 aliphatic carbocycles. The molecule has 22 heavy (non-hydrogen) atoms. The van der Waals surface area contributed by atoms with Crippen molar-refractivity contribution in [3.63, 3.8) is 0 Å². The zero-order chi connectivity index (χ0) is 15.9. The summed E-state index contributed by atoms with van der Waals surface area (Å²) in [5, 5.41) is 2.21. The molecule has 0 bridgehead atoms. The lowest BCUT2D eigenvalue weighted by Gasteiger charge is -2.12. The second-order valence-corrected chi connectivity index (χ2v) is 7.07. The van der Waals surface area contributed by atoms with Gasteiger partial charge in [-0.2, -0.15) is 0 Å². The molecule has 0 atom stereocenters. The van der Waals surface area contributed by atoms with E-state index in [9.17, 15) is 0 Å². The van der Waals surface area contributed by atoms with Crippen LogP contribution in [0.1, 0.15) is 31.2 Å². The van der Waals surface area contributed by atoms with Crippen molar-refractivity contribution in [1.82, 2.24) is 14.3 Å². The summed E-state index contributed by atoms with van der Waals surface area (Å²) in [6.45, 7) is 1.57. The molecular weight excluding hydrogens is 405 g/mol. The second-order valence-electron chi connectivity index (χ2n) is 5.10. The van der Waals surface area contributed by atoms with Crippen LogP contribution in [0.15, 0.2) is 24.5 Å². The first-order valence-electron chi connectivity index (χ1n) is 7.24. The van der Waals surface area contributed by atoms with Crippen LogP contribution in [0, 0.1) is 4.77 Å². The normalized spacial score (nSPS) is 11.0. The van der Waals surface area contributed by atoms with Crippen LogP contribution in [0.3, 0.4) is 0 Å². The van der Waals surface area contributed by atoms with Crippen molar-refractivity contribution in [3.05, 3.63) is 44.9 Å². The number of rotatable bonds is 8. The number of halogens is 3. The molecule has 0 aliphatic rings. The number of benzene rings is 1. The van der Waals surface area contributed by atoms with Crippen molar-refractivity contribution in [1.29, 1.82) is 0 Å². The molecule has 0 spiro atoms. The SMILES string of the molecule is S=c1ncn(Cc2ccc(Cl)c(Cl)c2)n1CCCCCCBr. The standard InChI is InChI=1S/C15H18BrCl2N3S/c16-7-3-1-2-4-8-21-15(22)19-11-20(21)10-12-5-6-13(17)14(18)9-12/h5-6,9,11H,1-4,7-8,10H2. The Labute approximate surface area is 154 Å². The summed E-state index contributed by atoms with van der Waals surface area (Å²) in [7, 11) is 0. The Morgan fingerprint density at radius 1 is 1.09 bits per heavy atom. The Balaban J connectivity index is 2.02. The number of hydrogen-bond donors (Lipinski definition) is 0. The molecule has 0 amide bonds. The van der Waals surface area contributed by atoms with E-state index in [1.54, 1.807) is 6.33 Å². The third-order valence-corrected chi connectivity index (χ3v) is 5.03. The highest BCUT2D eigenvalue weighted by Crippen LogP contribution is 2.23. The first-order chi connectivity index (χ1) is 10.6. The molecule has 2 rings (SSSR count). The van der Waals surface area contributed by atoms with Crippen LogP contribution < -0.4 is 0 Å². The Morgan fingerprint density at radius 3 is 2.59 bits per heavy atom. The van der Waals surface area contributed by atoms with E-state index in [4.69, 9.17) is 35.4 Å².